The smallest absolute Gasteiger partial charge is 0.236 e. The average molecular weight is 255 g/mol. The fourth-order valence-electron chi connectivity index (χ4n) is 2.50. The van der Waals surface area contributed by atoms with Crippen LogP contribution in [0, 0.1) is 0 Å². The van der Waals surface area contributed by atoms with E-state index >= 15 is 0 Å². The minimum Gasteiger partial charge on any atom is -0.342 e. The molecule has 0 radical (unpaired) electrons. The number of hydrogen-bond donors (Lipinski definition) is 1. The lowest BCUT2D eigenvalue weighted by Crippen LogP contribution is -2.47. The molecule has 0 aliphatic carbocycles. The van der Waals surface area contributed by atoms with Gasteiger partial charge >= 0.3 is 0 Å². The van der Waals surface area contributed by atoms with Crippen LogP contribution in [-0.2, 0) is 4.79 Å². The van der Waals surface area contributed by atoms with Crippen molar-refractivity contribution >= 4 is 5.91 Å². The molecule has 0 saturated carbocycles. The van der Waals surface area contributed by atoms with Crippen LogP contribution in [0.1, 0.15) is 40.5 Å². The third kappa shape index (κ3) is 4.58. The number of hydrogen-bond acceptors (Lipinski definition) is 3. The lowest BCUT2D eigenvalue weighted by atomic mass is 10.2. The fraction of sp³-hybridized carbons (Fsp3) is 0.929. The van der Waals surface area contributed by atoms with E-state index in [9.17, 15) is 4.79 Å². The summed E-state index contributed by atoms with van der Waals surface area (Å²) in [5, 5.41) is 3.51. The predicted molar refractivity (Wildman–Crippen MR) is 75.7 cm³/mol. The number of nitrogens with zero attached hydrogens (tertiary/aromatic N) is 2. The zero-order chi connectivity index (χ0) is 13.5. The highest BCUT2D eigenvalue weighted by atomic mass is 16.2. The molecule has 106 valence electrons. The number of nitrogens with one attached hydrogen (secondary N) is 1. The molecule has 0 aromatic carbocycles. The van der Waals surface area contributed by atoms with E-state index in [1.165, 1.54) is 12.8 Å². The maximum Gasteiger partial charge on any atom is 0.236 e. The van der Waals surface area contributed by atoms with Crippen molar-refractivity contribution in [1.29, 1.82) is 0 Å². The van der Waals surface area contributed by atoms with Gasteiger partial charge in [0.05, 0.1) is 6.54 Å². The first-order chi connectivity index (χ1) is 8.58. The lowest BCUT2D eigenvalue weighted by molar-refractivity contribution is -0.132. The molecule has 1 fully saturated rings. The van der Waals surface area contributed by atoms with Crippen LogP contribution in [0.2, 0.25) is 0 Å². The van der Waals surface area contributed by atoms with Crippen LogP contribution >= 0.6 is 0 Å². The first-order valence-corrected chi connectivity index (χ1v) is 7.33. The summed E-state index contributed by atoms with van der Waals surface area (Å²) in [6.45, 7) is 12.7. The summed E-state index contributed by atoms with van der Waals surface area (Å²) in [6, 6.07) is 0.990. The second-order valence-electron chi connectivity index (χ2n) is 5.38. The van der Waals surface area contributed by atoms with Crippen LogP contribution in [0.3, 0.4) is 0 Å². The van der Waals surface area contributed by atoms with E-state index in [2.05, 4.69) is 24.1 Å². The topological polar surface area (TPSA) is 35.6 Å². The van der Waals surface area contributed by atoms with Crippen LogP contribution in [0.4, 0.5) is 0 Å². The zero-order valence-electron chi connectivity index (χ0n) is 12.4. The highest BCUT2D eigenvalue weighted by molar-refractivity contribution is 5.78. The summed E-state index contributed by atoms with van der Waals surface area (Å²) in [4.78, 5) is 16.4. The van der Waals surface area contributed by atoms with Gasteiger partial charge in [0.15, 0.2) is 0 Å². The van der Waals surface area contributed by atoms with Gasteiger partial charge in [0.25, 0.3) is 0 Å². The zero-order valence-corrected chi connectivity index (χ0v) is 12.4. The molecular formula is C14H29N3O. The third-order valence-electron chi connectivity index (χ3n) is 3.80. The number of likely N-dealkylation sites (N-methyl/N-ethyl adjacent to an activating group) is 1. The van der Waals surface area contributed by atoms with Gasteiger partial charge in [-0.15, -0.1) is 0 Å². The number of rotatable bonds is 7. The van der Waals surface area contributed by atoms with Crippen molar-refractivity contribution in [3.63, 3.8) is 0 Å². The van der Waals surface area contributed by atoms with Crippen molar-refractivity contribution in [2.24, 2.45) is 0 Å². The quantitative estimate of drug-likeness (QED) is 0.745. The molecule has 1 rings (SSSR count). The minimum absolute atomic E-state index is 0.256. The van der Waals surface area contributed by atoms with Crippen LogP contribution in [0.15, 0.2) is 0 Å². The molecule has 18 heavy (non-hydrogen) atoms. The monoisotopic (exact) mass is 255 g/mol. The van der Waals surface area contributed by atoms with Crippen molar-refractivity contribution in [3.8, 4) is 0 Å². The Morgan fingerprint density at radius 2 is 2.00 bits per heavy atom. The van der Waals surface area contributed by atoms with Gasteiger partial charge in [-0.05, 0) is 47.1 Å². The van der Waals surface area contributed by atoms with Gasteiger partial charge in [0.1, 0.15) is 0 Å². The molecule has 1 N–H and O–H groups in total. The van der Waals surface area contributed by atoms with E-state index in [-0.39, 0.29) is 5.91 Å². The molecule has 1 atom stereocenters. The molecule has 4 nitrogen and oxygen atoms in total. The lowest BCUT2D eigenvalue weighted by Gasteiger charge is -2.31. The largest absolute Gasteiger partial charge is 0.342 e. The van der Waals surface area contributed by atoms with Gasteiger partial charge in [-0.25, -0.2) is 0 Å². The molecule has 1 unspecified atom stereocenters. The van der Waals surface area contributed by atoms with E-state index in [4.69, 9.17) is 0 Å². The molecule has 1 aliphatic rings. The molecule has 1 saturated heterocycles. The summed E-state index contributed by atoms with van der Waals surface area (Å²) in [5.41, 5.74) is 0. The Hall–Kier alpha value is -0.610. The van der Waals surface area contributed by atoms with Crippen LogP contribution in [0.5, 0.6) is 0 Å². The van der Waals surface area contributed by atoms with Crippen LogP contribution in [-0.4, -0.2) is 60.5 Å². The van der Waals surface area contributed by atoms with Crippen molar-refractivity contribution < 1.29 is 4.79 Å². The van der Waals surface area contributed by atoms with Crippen molar-refractivity contribution in [1.82, 2.24) is 15.1 Å². The van der Waals surface area contributed by atoms with Crippen molar-refractivity contribution in [3.05, 3.63) is 0 Å². The Labute approximate surface area is 112 Å². The van der Waals surface area contributed by atoms with E-state index in [0.29, 0.717) is 18.6 Å². The molecule has 1 amide bonds. The highest BCUT2D eigenvalue weighted by Gasteiger charge is 2.22. The Kier molecular flexibility index (Phi) is 6.65. The second-order valence-corrected chi connectivity index (χ2v) is 5.38. The summed E-state index contributed by atoms with van der Waals surface area (Å²) in [7, 11) is 0. The van der Waals surface area contributed by atoms with Gasteiger partial charge in [-0.3, -0.25) is 9.69 Å². The van der Waals surface area contributed by atoms with Gasteiger partial charge < -0.3 is 10.2 Å². The first kappa shape index (κ1) is 15.4. The molecular weight excluding hydrogens is 226 g/mol. The van der Waals surface area contributed by atoms with Crippen LogP contribution in [0.25, 0.3) is 0 Å². The van der Waals surface area contributed by atoms with E-state index in [1.54, 1.807) is 0 Å². The Bertz CT molecular complexity index is 245. The van der Waals surface area contributed by atoms with Crippen LogP contribution < -0.4 is 5.32 Å². The SMILES string of the molecule is CCN(CC)C(=O)CN(CC1CCCN1)C(C)C. The normalized spacial score (nSPS) is 19.8. The first-order valence-electron chi connectivity index (χ1n) is 7.33. The Morgan fingerprint density at radius 3 is 2.44 bits per heavy atom. The maximum absolute atomic E-state index is 12.2. The number of amides is 1. The van der Waals surface area contributed by atoms with Gasteiger partial charge in [0, 0.05) is 31.7 Å². The number of carbonyl (C=O) groups excluding carboxylic acids is 1. The van der Waals surface area contributed by atoms with Crippen molar-refractivity contribution in [2.75, 3.05) is 32.7 Å². The Morgan fingerprint density at radius 1 is 1.33 bits per heavy atom. The second kappa shape index (κ2) is 7.74. The van der Waals surface area contributed by atoms with E-state index in [0.717, 1.165) is 26.2 Å². The maximum atomic E-state index is 12.2. The molecule has 0 aromatic rings. The van der Waals surface area contributed by atoms with E-state index in [1.807, 2.05) is 18.7 Å². The van der Waals surface area contributed by atoms with Gasteiger partial charge in [-0.2, -0.15) is 0 Å². The molecule has 1 aliphatic heterocycles. The molecule has 0 spiro atoms. The third-order valence-corrected chi connectivity index (χ3v) is 3.80. The fourth-order valence-corrected chi connectivity index (χ4v) is 2.50. The summed E-state index contributed by atoms with van der Waals surface area (Å²) >= 11 is 0. The predicted octanol–water partition coefficient (Wildman–Crippen LogP) is 1.32. The minimum atomic E-state index is 0.256. The molecule has 0 aromatic heterocycles. The molecule has 1 heterocycles. The van der Waals surface area contributed by atoms with Gasteiger partial charge in [-0.1, -0.05) is 0 Å². The Balaban J connectivity index is 2.48. The standard InChI is InChI=1S/C14H29N3O/c1-5-16(6-2)14(18)11-17(12(3)4)10-13-8-7-9-15-13/h12-13,15H,5-11H2,1-4H3. The summed E-state index contributed by atoms with van der Waals surface area (Å²) in [6.07, 6.45) is 2.50. The number of carbonyl (C=O) groups is 1. The van der Waals surface area contributed by atoms with Crippen molar-refractivity contribution in [2.45, 2.75) is 52.6 Å². The van der Waals surface area contributed by atoms with E-state index < -0.39 is 0 Å². The highest BCUT2D eigenvalue weighted by Crippen LogP contribution is 2.09. The summed E-state index contributed by atoms with van der Waals surface area (Å²) in [5.74, 6) is 0.256. The van der Waals surface area contributed by atoms with Gasteiger partial charge in [0.2, 0.25) is 5.91 Å². The molecule has 4 heteroatoms. The summed E-state index contributed by atoms with van der Waals surface area (Å²) < 4.78 is 0. The molecule has 0 bridgehead atoms. The average Bonchev–Trinajstić information content (AvgIpc) is 2.82.